The van der Waals surface area contributed by atoms with Crippen molar-refractivity contribution in [3.8, 4) is 0 Å². The summed E-state index contributed by atoms with van der Waals surface area (Å²) < 4.78 is 4.71. The van der Waals surface area contributed by atoms with Crippen LogP contribution in [-0.4, -0.2) is 48.3 Å². The second-order valence-corrected chi connectivity index (χ2v) is 5.08. The lowest BCUT2D eigenvalue weighted by Gasteiger charge is -2.24. The Bertz CT molecular complexity index is 240. The molecule has 16 heavy (non-hydrogen) atoms. The van der Waals surface area contributed by atoms with Crippen LogP contribution in [0, 0.1) is 5.92 Å². The van der Waals surface area contributed by atoms with Gasteiger partial charge in [0.25, 0.3) is 0 Å². The van der Waals surface area contributed by atoms with Crippen LogP contribution in [0.3, 0.4) is 0 Å². The molecule has 1 aliphatic heterocycles. The maximum atomic E-state index is 11.3. The van der Waals surface area contributed by atoms with Crippen LogP contribution in [0.1, 0.15) is 33.1 Å². The molecule has 0 saturated carbocycles. The average molecular weight is 229 g/mol. The van der Waals surface area contributed by atoms with Gasteiger partial charge in [-0.1, -0.05) is 6.92 Å². The second-order valence-electron chi connectivity index (χ2n) is 5.08. The molecule has 1 fully saturated rings. The third kappa shape index (κ3) is 4.10. The quantitative estimate of drug-likeness (QED) is 0.734. The summed E-state index contributed by atoms with van der Waals surface area (Å²) in [6, 6.07) is 0. The Morgan fingerprint density at radius 1 is 1.50 bits per heavy atom. The van der Waals surface area contributed by atoms with E-state index in [0.29, 0.717) is 0 Å². The van der Waals surface area contributed by atoms with Gasteiger partial charge in [0.15, 0.2) is 0 Å². The van der Waals surface area contributed by atoms with E-state index < -0.39 is 5.60 Å². The number of hydrogen-bond acceptors (Lipinski definition) is 4. The number of carbonyl (C=O) groups excluding carboxylic acids is 1. The van der Waals surface area contributed by atoms with Gasteiger partial charge in [0.1, 0.15) is 0 Å². The van der Waals surface area contributed by atoms with Gasteiger partial charge in [0.2, 0.25) is 0 Å². The summed E-state index contributed by atoms with van der Waals surface area (Å²) in [5, 5.41) is 9.94. The molecular formula is C12H23NO3. The van der Waals surface area contributed by atoms with E-state index in [2.05, 4.69) is 4.90 Å². The molecule has 1 heterocycles. The Kier molecular flexibility index (Phi) is 4.74. The fraction of sp³-hybridized carbons (Fsp3) is 0.917. The summed E-state index contributed by atoms with van der Waals surface area (Å²) in [7, 11) is 1.42. The molecule has 4 heteroatoms. The highest BCUT2D eigenvalue weighted by atomic mass is 16.5. The van der Waals surface area contributed by atoms with Crippen molar-refractivity contribution in [1.29, 1.82) is 0 Å². The summed E-state index contributed by atoms with van der Waals surface area (Å²) in [5.74, 6) is -0.246. The second kappa shape index (κ2) is 5.64. The molecule has 4 nitrogen and oxygen atoms in total. The molecule has 94 valence electrons. The Morgan fingerprint density at radius 3 is 2.81 bits per heavy atom. The molecule has 0 aromatic heterocycles. The van der Waals surface area contributed by atoms with E-state index >= 15 is 0 Å². The summed E-state index contributed by atoms with van der Waals surface area (Å²) in [4.78, 5) is 13.5. The van der Waals surface area contributed by atoms with Gasteiger partial charge in [0.05, 0.1) is 18.6 Å². The number of ether oxygens (including phenoxy) is 1. The van der Waals surface area contributed by atoms with Gasteiger partial charge in [-0.05, 0) is 32.7 Å². The molecule has 1 N–H and O–H groups in total. The molecule has 1 aliphatic rings. The SMILES string of the molecule is COC(=O)C(C)CN1CCCC(C)(O)CC1. The molecule has 0 aromatic rings. The highest BCUT2D eigenvalue weighted by Crippen LogP contribution is 2.21. The van der Waals surface area contributed by atoms with E-state index in [1.54, 1.807) is 0 Å². The van der Waals surface area contributed by atoms with Gasteiger partial charge in [0, 0.05) is 13.1 Å². The molecule has 0 spiro atoms. The summed E-state index contributed by atoms with van der Waals surface area (Å²) in [6.45, 7) is 6.31. The number of methoxy groups -OCH3 is 1. The van der Waals surface area contributed by atoms with E-state index in [9.17, 15) is 9.90 Å². The van der Waals surface area contributed by atoms with E-state index in [1.807, 2.05) is 13.8 Å². The van der Waals surface area contributed by atoms with Crippen molar-refractivity contribution in [2.75, 3.05) is 26.7 Å². The van der Waals surface area contributed by atoms with Gasteiger partial charge in [-0.15, -0.1) is 0 Å². The largest absolute Gasteiger partial charge is 0.469 e. The lowest BCUT2D eigenvalue weighted by atomic mass is 9.98. The Morgan fingerprint density at radius 2 is 2.19 bits per heavy atom. The number of carbonyl (C=O) groups is 1. The number of nitrogens with zero attached hydrogens (tertiary/aromatic N) is 1. The normalized spacial score (nSPS) is 29.5. The zero-order valence-corrected chi connectivity index (χ0v) is 10.5. The van der Waals surface area contributed by atoms with Gasteiger partial charge >= 0.3 is 5.97 Å². The lowest BCUT2D eigenvalue weighted by Crippen LogP contribution is -2.34. The molecule has 2 unspecified atom stereocenters. The first-order valence-corrected chi connectivity index (χ1v) is 5.97. The minimum absolute atomic E-state index is 0.0898. The molecule has 0 aromatic carbocycles. The number of rotatable bonds is 3. The topological polar surface area (TPSA) is 49.8 Å². The number of likely N-dealkylation sites (tertiary alicyclic amines) is 1. The van der Waals surface area contributed by atoms with Crippen molar-refractivity contribution in [3.63, 3.8) is 0 Å². The maximum absolute atomic E-state index is 11.3. The molecule has 1 saturated heterocycles. The van der Waals surface area contributed by atoms with Crippen LogP contribution in [0.15, 0.2) is 0 Å². The molecule has 1 rings (SSSR count). The van der Waals surface area contributed by atoms with Crippen LogP contribution in [0.2, 0.25) is 0 Å². The molecular weight excluding hydrogens is 206 g/mol. The highest BCUT2D eigenvalue weighted by molar-refractivity contribution is 5.72. The summed E-state index contributed by atoms with van der Waals surface area (Å²) in [5.41, 5.74) is -0.538. The average Bonchev–Trinajstić information content (AvgIpc) is 2.39. The van der Waals surface area contributed by atoms with Crippen molar-refractivity contribution >= 4 is 5.97 Å². The van der Waals surface area contributed by atoms with Crippen molar-refractivity contribution in [1.82, 2.24) is 4.90 Å². The van der Waals surface area contributed by atoms with Crippen LogP contribution in [-0.2, 0) is 9.53 Å². The van der Waals surface area contributed by atoms with Gasteiger partial charge < -0.3 is 14.7 Å². The Balaban J connectivity index is 2.41. The van der Waals surface area contributed by atoms with Crippen LogP contribution < -0.4 is 0 Å². The Labute approximate surface area is 97.6 Å². The zero-order chi connectivity index (χ0) is 12.2. The van der Waals surface area contributed by atoms with E-state index in [0.717, 1.165) is 38.9 Å². The van der Waals surface area contributed by atoms with Crippen LogP contribution in [0.4, 0.5) is 0 Å². The van der Waals surface area contributed by atoms with E-state index in [4.69, 9.17) is 4.74 Å². The van der Waals surface area contributed by atoms with Crippen molar-refractivity contribution < 1.29 is 14.6 Å². The highest BCUT2D eigenvalue weighted by Gasteiger charge is 2.26. The number of hydrogen-bond donors (Lipinski definition) is 1. The predicted octanol–water partition coefficient (Wildman–Crippen LogP) is 1.03. The fourth-order valence-corrected chi connectivity index (χ4v) is 2.16. The Hall–Kier alpha value is -0.610. The smallest absolute Gasteiger partial charge is 0.309 e. The predicted molar refractivity (Wildman–Crippen MR) is 62.1 cm³/mol. The zero-order valence-electron chi connectivity index (χ0n) is 10.5. The van der Waals surface area contributed by atoms with Crippen LogP contribution >= 0.6 is 0 Å². The lowest BCUT2D eigenvalue weighted by molar-refractivity contribution is -0.145. The third-order valence-corrected chi connectivity index (χ3v) is 3.29. The molecule has 0 radical (unpaired) electrons. The molecule has 0 amide bonds. The number of aliphatic hydroxyl groups is 1. The first-order chi connectivity index (χ1) is 7.44. The van der Waals surface area contributed by atoms with Gasteiger partial charge in [-0.2, -0.15) is 0 Å². The maximum Gasteiger partial charge on any atom is 0.309 e. The first kappa shape index (κ1) is 13.5. The minimum Gasteiger partial charge on any atom is -0.469 e. The van der Waals surface area contributed by atoms with Gasteiger partial charge in [-0.25, -0.2) is 0 Å². The standard InChI is InChI=1S/C12H23NO3/c1-10(11(14)16-3)9-13-7-4-5-12(2,15)6-8-13/h10,15H,4-9H2,1-3H3. The van der Waals surface area contributed by atoms with Gasteiger partial charge in [-0.3, -0.25) is 4.79 Å². The van der Waals surface area contributed by atoms with E-state index in [1.165, 1.54) is 7.11 Å². The number of esters is 1. The molecule has 2 atom stereocenters. The van der Waals surface area contributed by atoms with Crippen molar-refractivity contribution in [2.24, 2.45) is 5.92 Å². The van der Waals surface area contributed by atoms with Crippen molar-refractivity contribution in [3.05, 3.63) is 0 Å². The summed E-state index contributed by atoms with van der Waals surface area (Å²) in [6.07, 6.45) is 2.61. The third-order valence-electron chi connectivity index (χ3n) is 3.29. The van der Waals surface area contributed by atoms with Crippen molar-refractivity contribution in [2.45, 2.75) is 38.7 Å². The molecule has 0 aliphatic carbocycles. The van der Waals surface area contributed by atoms with Crippen LogP contribution in [0.5, 0.6) is 0 Å². The fourth-order valence-electron chi connectivity index (χ4n) is 2.16. The molecule has 0 bridgehead atoms. The summed E-state index contributed by atoms with van der Waals surface area (Å²) >= 11 is 0. The monoisotopic (exact) mass is 229 g/mol. The minimum atomic E-state index is -0.538. The van der Waals surface area contributed by atoms with Crippen LogP contribution in [0.25, 0.3) is 0 Å². The van der Waals surface area contributed by atoms with E-state index in [-0.39, 0.29) is 11.9 Å². The first-order valence-electron chi connectivity index (χ1n) is 5.97.